The third-order valence-electron chi connectivity index (χ3n) is 5.84. The zero-order chi connectivity index (χ0) is 20.1. The smallest absolute Gasteiger partial charge is 0.233 e. The highest BCUT2D eigenvalue weighted by Gasteiger charge is 2.30. The Balaban J connectivity index is 1.48. The van der Waals surface area contributed by atoms with E-state index >= 15 is 0 Å². The molecule has 0 aliphatic carbocycles. The predicted molar refractivity (Wildman–Crippen MR) is 108 cm³/mol. The number of benzene rings is 1. The number of piperidine rings is 1. The minimum absolute atomic E-state index is 0.169. The first-order valence-electron chi connectivity index (χ1n) is 10.7. The summed E-state index contributed by atoms with van der Waals surface area (Å²) < 4.78 is 22.8. The van der Waals surface area contributed by atoms with Crippen LogP contribution in [-0.2, 0) is 11.3 Å². The topological polar surface area (TPSA) is 69.9 Å². The maximum absolute atomic E-state index is 6.16. The van der Waals surface area contributed by atoms with Crippen molar-refractivity contribution < 1.29 is 18.6 Å². The van der Waals surface area contributed by atoms with Crippen molar-refractivity contribution in [1.29, 1.82) is 0 Å². The zero-order valence-electron chi connectivity index (χ0n) is 17.4. The minimum Gasteiger partial charge on any atom is -0.493 e. The monoisotopic (exact) mass is 401 g/mol. The predicted octanol–water partition coefficient (Wildman–Crippen LogP) is 4.10. The van der Waals surface area contributed by atoms with Gasteiger partial charge in [-0.2, -0.15) is 0 Å². The van der Waals surface area contributed by atoms with Gasteiger partial charge in [-0.25, -0.2) is 0 Å². The highest BCUT2D eigenvalue weighted by Crippen LogP contribution is 2.35. The van der Waals surface area contributed by atoms with Gasteiger partial charge in [0.05, 0.1) is 19.8 Å². The Morgan fingerprint density at radius 1 is 1.07 bits per heavy atom. The summed E-state index contributed by atoms with van der Waals surface area (Å²) in [4.78, 5) is 2.44. The molecule has 2 aromatic rings. The van der Waals surface area contributed by atoms with Gasteiger partial charge in [0, 0.05) is 25.7 Å². The Hall–Kier alpha value is -2.12. The Morgan fingerprint density at radius 3 is 2.69 bits per heavy atom. The molecule has 2 fully saturated rings. The van der Waals surface area contributed by atoms with Gasteiger partial charge < -0.3 is 18.6 Å². The van der Waals surface area contributed by atoms with Gasteiger partial charge >= 0.3 is 0 Å². The number of methoxy groups -OCH3 is 1. The number of ether oxygens (including phenoxy) is 3. The van der Waals surface area contributed by atoms with Crippen LogP contribution in [0.15, 0.2) is 22.6 Å². The average molecular weight is 402 g/mol. The standard InChI is InChI=1S/C22H31N3O4/c1-3-28-19-8-7-16(14-20(19)26-2)15-25-11-5-4-6-18(25)22-24-23-21(29-22)17-9-12-27-13-10-17/h7-8,14,17-18H,3-6,9-13,15H2,1-2H3. The van der Waals surface area contributed by atoms with E-state index in [1.165, 1.54) is 18.4 Å². The highest BCUT2D eigenvalue weighted by atomic mass is 16.5. The molecule has 2 aliphatic heterocycles. The van der Waals surface area contributed by atoms with Crippen LogP contribution in [0.5, 0.6) is 11.5 Å². The third-order valence-corrected chi connectivity index (χ3v) is 5.84. The molecule has 2 aliphatic rings. The maximum atomic E-state index is 6.16. The summed E-state index contributed by atoms with van der Waals surface area (Å²) in [7, 11) is 1.68. The lowest BCUT2D eigenvalue weighted by Gasteiger charge is -2.33. The van der Waals surface area contributed by atoms with Crippen LogP contribution in [0.2, 0.25) is 0 Å². The van der Waals surface area contributed by atoms with Crippen molar-refractivity contribution >= 4 is 0 Å². The summed E-state index contributed by atoms with van der Waals surface area (Å²) in [5.74, 6) is 3.42. The van der Waals surface area contributed by atoms with Crippen LogP contribution in [-0.4, -0.2) is 48.6 Å². The third kappa shape index (κ3) is 4.73. The molecule has 0 radical (unpaired) electrons. The van der Waals surface area contributed by atoms with Crippen molar-refractivity contribution in [3.8, 4) is 11.5 Å². The SMILES string of the molecule is CCOc1ccc(CN2CCCCC2c2nnc(C3CCOCC3)o2)cc1OC. The van der Waals surface area contributed by atoms with Gasteiger partial charge in [-0.15, -0.1) is 10.2 Å². The molecule has 0 N–H and O–H groups in total. The van der Waals surface area contributed by atoms with Gasteiger partial charge in [-0.1, -0.05) is 12.5 Å². The molecule has 0 amide bonds. The summed E-state index contributed by atoms with van der Waals surface area (Å²) in [6.07, 6.45) is 5.34. The van der Waals surface area contributed by atoms with Crippen LogP contribution in [0.1, 0.15) is 68.3 Å². The molecule has 7 heteroatoms. The lowest BCUT2D eigenvalue weighted by atomic mass is 10.0. The van der Waals surface area contributed by atoms with Gasteiger partial charge in [-0.05, 0) is 56.8 Å². The first-order chi connectivity index (χ1) is 14.3. The molecule has 1 aromatic carbocycles. The number of aromatic nitrogens is 2. The molecule has 2 saturated heterocycles. The second-order valence-corrected chi connectivity index (χ2v) is 7.77. The fraction of sp³-hybridized carbons (Fsp3) is 0.636. The first kappa shape index (κ1) is 20.2. The fourth-order valence-corrected chi connectivity index (χ4v) is 4.27. The molecule has 158 valence electrons. The van der Waals surface area contributed by atoms with E-state index in [0.29, 0.717) is 12.5 Å². The van der Waals surface area contributed by atoms with Gasteiger partial charge in [0.15, 0.2) is 11.5 Å². The van der Waals surface area contributed by atoms with E-state index in [0.717, 1.165) is 68.8 Å². The molecule has 1 aromatic heterocycles. The largest absolute Gasteiger partial charge is 0.493 e. The summed E-state index contributed by atoms with van der Waals surface area (Å²) in [5, 5.41) is 8.82. The second-order valence-electron chi connectivity index (χ2n) is 7.77. The normalized spacial score (nSPS) is 21.2. The fourth-order valence-electron chi connectivity index (χ4n) is 4.27. The van der Waals surface area contributed by atoms with Crippen LogP contribution < -0.4 is 9.47 Å². The molecule has 0 spiro atoms. The Labute approximate surface area is 172 Å². The van der Waals surface area contributed by atoms with Crippen molar-refractivity contribution in [3.63, 3.8) is 0 Å². The van der Waals surface area contributed by atoms with Gasteiger partial charge in [0.1, 0.15) is 0 Å². The second kappa shape index (κ2) is 9.59. The number of rotatable bonds is 7. The molecule has 3 heterocycles. The van der Waals surface area contributed by atoms with Crippen molar-refractivity contribution in [2.24, 2.45) is 0 Å². The van der Waals surface area contributed by atoms with E-state index in [1.807, 2.05) is 13.0 Å². The van der Waals surface area contributed by atoms with Crippen molar-refractivity contribution in [1.82, 2.24) is 15.1 Å². The number of hydrogen-bond donors (Lipinski definition) is 0. The molecular weight excluding hydrogens is 370 g/mol. The van der Waals surface area contributed by atoms with E-state index in [-0.39, 0.29) is 6.04 Å². The van der Waals surface area contributed by atoms with Crippen LogP contribution in [0.25, 0.3) is 0 Å². The van der Waals surface area contributed by atoms with Crippen LogP contribution >= 0.6 is 0 Å². The minimum atomic E-state index is 0.169. The Morgan fingerprint density at radius 2 is 1.90 bits per heavy atom. The summed E-state index contributed by atoms with van der Waals surface area (Å²) >= 11 is 0. The van der Waals surface area contributed by atoms with Crippen LogP contribution in [0.3, 0.4) is 0 Å². The van der Waals surface area contributed by atoms with Crippen molar-refractivity contribution in [2.45, 2.75) is 57.5 Å². The van der Waals surface area contributed by atoms with E-state index in [1.54, 1.807) is 7.11 Å². The molecule has 4 rings (SSSR count). The number of likely N-dealkylation sites (tertiary alicyclic amines) is 1. The lowest BCUT2D eigenvalue weighted by Crippen LogP contribution is -2.33. The number of nitrogens with zero attached hydrogens (tertiary/aromatic N) is 3. The first-order valence-corrected chi connectivity index (χ1v) is 10.7. The Bertz CT molecular complexity index is 788. The van der Waals surface area contributed by atoms with E-state index < -0.39 is 0 Å². The van der Waals surface area contributed by atoms with Crippen molar-refractivity contribution in [2.75, 3.05) is 33.5 Å². The van der Waals surface area contributed by atoms with E-state index in [4.69, 9.17) is 18.6 Å². The molecule has 0 bridgehead atoms. The van der Waals surface area contributed by atoms with E-state index in [9.17, 15) is 0 Å². The van der Waals surface area contributed by atoms with Gasteiger partial charge in [0.25, 0.3) is 0 Å². The molecule has 1 unspecified atom stereocenters. The lowest BCUT2D eigenvalue weighted by molar-refractivity contribution is 0.0768. The summed E-state index contributed by atoms with van der Waals surface area (Å²) in [5.41, 5.74) is 1.20. The van der Waals surface area contributed by atoms with Crippen LogP contribution in [0.4, 0.5) is 0 Å². The summed E-state index contributed by atoms with van der Waals surface area (Å²) in [6, 6.07) is 6.34. The van der Waals surface area contributed by atoms with Crippen LogP contribution in [0, 0.1) is 0 Å². The van der Waals surface area contributed by atoms with Crippen molar-refractivity contribution in [3.05, 3.63) is 35.5 Å². The molecule has 29 heavy (non-hydrogen) atoms. The molecule has 1 atom stereocenters. The Kier molecular flexibility index (Phi) is 6.67. The average Bonchev–Trinajstić information content (AvgIpc) is 3.26. The van der Waals surface area contributed by atoms with E-state index in [2.05, 4.69) is 27.2 Å². The van der Waals surface area contributed by atoms with Gasteiger partial charge in [-0.3, -0.25) is 4.90 Å². The molecular formula is C22H31N3O4. The quantitative estimate of drug-likeness (QED) is 0.692. The maximum Gasteiger partial charge on any atom is 0.233 e. The summed E-state index contributed by atoms with van der Waals surface area (Å²) in [6.45, 7) is 5.99. The highest BCUT2D eigenvalue weighted by molar-refractivity contribution is 5.43. The number of hydrogen-bond acceptors (Lipinski definition) is 7. The van der Waals surface area contributed by atoms with Gasteiger partial charge in [0.2, 0.25) is 11.8 Å². The molecule has 0 saturated carbocycles. The zero-order valence-corrected chi connectivity index (χ0v) is 17.4. The molecule has 7 nitrogen and oxygen atoms in total.